The fraction of sp³-hybridized carbons (Fsp3) is 0.522. The van der Waals surface area contributed by atoms with Crippen LogP contribution >= 0.6 is 0 Å². The largest absolute Gasteiger partial charge is 0.489 e. The molecule has 1 aromatic heterocycles. The van der Waals surface area contributed by atoms with E-state index in [1.54, 1.807) is 18.7 Å². The van der Waals surface area contributed by atoms with Gasteiger partial charge in [-0.3, -0.25) is 19.1 Å². The number of rotatable bonds is 5. The summed E-state index contributed by atoms with van der Waals surface area (Å²) in [6.07, 6.45) is -4.66. The number of fused-ring (bicyclic) bond motifs is 1. The maximum absolute atomic E-state index is 13.5. The average molecular weight is 578 g/mol. The van der Waals surface area contributed by atoms with E-state index in [0.29, 0.717) is 18.9 Å². The molecule has 2 aliphatic heterocycles. The molecule has 0 unspecified atom stereocenters. The Kier molecular flexibility index (Phi) is 8.69. The molecule has 1 saturated heterocycles. The Morgan fingerprint density at radius 1 is 1.21 bits per heavy atom. The van der Waals surface area contributed by atoms with Crippen LogP contribution in [0.3, 0.4) is 0 Å². The van der Waals surface area contributed by atoms with Crippen LogP contribution in [0.1, 0.15) is 32.5 Å². The van der Waals surface area contributed by atoms with E-state index in [4.69, 9.17) is 9.47 Å². The van der Waals surface area contributed by atoms with Gasteiger partial charge in [0.25, 0.3) is 10.0 Å². The number of sulfonamides is 1. The maximum atomic E-state index is 13.5. The minimum absolute atomic E-state index is 0.00463. The summed E-state index contributed by atoms with van der Waals surface area (Å²) in [4.78, 5) is 21.8. The van der Waals surface area contributed by atoms with E-state index in [0.717, 1.165) is 18.2 Å². The monoisotopic (exact) mass is 577 g/mol. The first-order valence-corrected chi connectivity index (χ1v) is 13.2. The van der Waals surface area contributed by atoms with Crippen molar-refractivity contribution in [2.45, 2.75) is 50.4 Å². The van der Waals surface area contributed by atoms with Gasteiger partial charge in [0, 0.05) is 25.9 Å². The molecule has 0 aliphatic carbocycles. The summed E-state index contributed by atoms with van der Waals surface area (Å²) in [5, 5.41) is 8.89. The van der Waals surface area contributed by atoms with Gasteiger partial charge < -0.3 is 19.5 Å². The number of amides is 2. The first kappa shape index (κ1) is 30.0. The maximum Gasteiger partial charge on any atom is 0.427 e. The zero-order valence-corrected chi connectivity index (χ0v) is 22.8. The second-order valence-electron chi connectivity index (χ2n) is 9.19. The number of nitrogens with one attached hydrogen (secondary N) is 2. The number of hydrogen-bond acceptors (Lipinski definition) is 8. The Balaban J connectivity index is 0.000000771. The van der Waals surface area contributed by atoms with E-state index in [1.165, 1.54) is 31.3 Å². The van der Waals surface area contributed by atoms with Gasteiger partial charge in [-0.2, -0.15) is 18.3 Å². The van der Waals surface area contributed by atoms with E-state index in [9.17, 15) is 31.2 Å². The fourth-order valence-electron chi connectivity index (χ4n) is 3.35. The molecule has 0 saturated carbocycles. The Bertz CT molecular complexity index is 1320. The van der Waals surface area contributed by atoms with Crippen molar-refractivity contribution < 1.29 is 45.4 Å². The molecule has 2 N–H and O–H groups in total. The van der Waals surface area contributed by atoms with Gasteiger partial charge in [-0.05, 0) is 39.0 Å². The van der Waals surface area contributed by atoms with Gasteiger partial charge in [0.2, 0.25) is 11.5 Å². The number of alkyl halides is 3. The number of benzene rings is 1. The van der Waals surface area contributed by atoms with Crippen molar-refractivity contribution >= 4 is 33.4 Å². The fourth-order valence-corrected chi connectivity index (χ4v) is 4.96. The second kappa shape index (κ2) is 11.3. The normalized spacial score (nSPS) is 15.6. The Morgan fingerprint density at radius 2 is 1.85 bits per heavy atom. The predicted molar refractivity (Wildman–Crippen MR) is 133 cm³/mol. The van der Waals surface area contributed by atoms with Gasteiger partial charge in [0.05, 0.1) is 37.2 Å². The Hall–Kier alpha value is -3.53. The lowest BCUT2D eigenvalue weighted by Crippen LogP contribution is -2.44. The molecule has 4 rings (SSSR count). The van der Waals surface area contributed by atoms with Gasteiger partial charge >= 0.3 is 12.3 Å². The molecule has 216 valence electrons. The lowest BCUT2D eigenvalue weighted by atomic mass is 10.1. The number of anilines is 2. The summed E-state index contributed by atoms with van der Waals surface area (Å²) in [6, 6.07) is 4.05. The van der Waals surface area contributed by atoms with Gasteiger partial charge in [-0.15, -0.1) is 0 Å². The summed E-state index contributed by atoms with van der Waals surface area (Å²) >= 11 is 0. The molecule has 0 atom stereocenters. The predicted octanol–water partition coefficient (Wildman–Crippen LogP) is 2.99. The van der Waals surface area contributed by atoms with Crippen molar-refractivity contribution in [1.29, 1.82) is 0 Å². The number of aromatic nitrogens is 2. The van der Waals surface area contributed by atoms with Gasteiger partial charge in [0.1, 0.15) is 17.3 Å². The first-order valence-electron chi connectivity index (χ1n) is 11.7. The summed E-state index contributed by atoms with van der Waals surface area (Å²) in [5.41, 5.74) is -2.25. The third kappa shape index (κ3) is 6.73. The number of ether oxygens (including phenoxy) is 3. The number of halogens is 3. The van der Waals surface area contributed by atoms with Crippen LogP contribution < -0.4 is 19.7 Å². The number of hydrogen-bond donors (Lipinski definition) is 2. The second-order valence-corrected chi connectivity index (χ2v) is 11.0. The molecule has 0 radical (unpaired) electrons. The summed E-state index contributed by atoms with van der Waals surface area (Å²) in [7, 11) is -2.46. The third-order valence-electron chi connectivity index (χ3n) is 5.84. The molecule has 2 aliphatic rings. The van der Waals surface area contributed by atoms with Crippen molar-refractivity contribution in [2.24, 2.45) is 0 Å². The molecule has 2 aromatic rings. The van der Waals surface area contributed by atoms with Crippen molar-refractivity contribution in [3.8, 4) is 5.75 Å². The van der Waals surface area contributed by atoms with Crippen molar-refractivity contribution in [3.63, 3.8) is 0 Å². The van der Waals surface area contributed by atoms with Crippen LogP contribution in [0.25, 0.3) is 0 Å². The van der Waals surface area contributed by atoms with Gasteiger partial charge in [-0.25, -0.2) is 13.2 Å². The van der Waals surface area contributed by atoms with Gasteiger partial charge in [-0.1, -0.05) is 0 Å². The van der Waals surface area contributed by atoms with E-state index in [2.05, 4.69) is 20.5 Å². The molecule has 0 bridgehead atoms. The minimum Gasteiger partial charge on any atom is -0.489 e. The lowest BCUT2D eigenvalue weighted by molar-refractivity contribution is -0.242. The zero-order valence-electron chi connectivity index (χ0n) is 22.0. The smallest absolute Gasteiger partial charge is 0.427 e. The highest BCUT2D eigenvalue weighted by Gasteiger charge is 2.51. The van der Waals surface area contributed by atoms with Crippen molar-refractivity contribution in [1.82, 2.24) is 15.1 Å². The van der Waals surface area contributed by atoms with Crippen LogP contribution in [-0.2, 0) is 24.3 Å². The highest BCUT2D eigenvalue weighted by molar-refractivity contribution is 7.92. The Labute approximate surface area is 223 Å². The van der Waals surface area contributed by atoms with Crippen LogP contribution in [0.4, 0.5) is 29.3 Å². The SMILES string of the molecule is CNC(C)=O.Cc1nn(C2COC2)cc1S(=O)(=O)N1CCOc2ccc(NC(=O)OC(C)(C)C(F)(F)F)cc21. The standard InChI is InChI=1S/C20H23F3N4O6S.C3H7NO/c1-12-17(9-26(25-12)14-10-31-11-14)34(29,30)27-6-7-32-16-5-4-13(8-15(16)27)24-18(28)33-19(2,3)20(21,22)23;1-3(5)4-2/h4-5,8-9,14H,6-7,10-11H2,1-3H3,(H,24,28);1-2H3,(H,4,5). The van der Waals surface area contributed by atoms with E-state index >= 15 is 0 Å². The van der Waals surface area contributed by atoms with E-state index in [1.807, 2.05) is 0 Å². The molecule has 1 aromatic carbocycles. The topological polar surface area (TPSA) is 141 Å². The highest BCUT2D eigenvalue weighted by atomic mass is 32.2. The number of nitrogens with zero attached hydrogens (tertiary/aromatic N) is 3. The molecular weight excluding hydrogens is 547 g/mol. The molecule has 1 fully saturated rings. The minimum atomic E-state index is -4.77. The number of aryl methyl sites for hydroxylation is 1. The van der Waals surface area contributed by atoms with Crippen LogP contribution in [-0.4, -0.2) is 75.4 Å². The molecule has 12 nitrogen and oxygen atoms in total. The Morgan fingerprint density at radius 3 is 2.38 bits per heavy atom. The van der Waals surface area contributed by atoms with Crippen molar-refractivity contribution in [3.05, 3.63) is 30.1 Å². The van der Waals surface area contributed by atoms with Crippen LogP contribution in [0.2, 0.25) is 0 Å². The average Bonchev–Trinajstić information content (AvgIpc) is 3.18. The summed E-state index contributed by atoms with van der Waals surface area (Å²) < 4.78 is 83.9. The number of carbonyl (C=O) groups excluding carboxylic acids is 2. The molecular formula is C23H30F3N5O7S. The van der Waals surface area contributed by atoms with Crippen LogP contribution in [0, 0.1) is 6.92 Å². The molecule has 39 heavy (non-hydrogen) atoms. The first-order chi connectivity index (χ1) is 18.1. The lowest BCUT2D eigenvalue weighted by Gasteiger charge is -2.31. The third-order valence-corrected chi connectivity index (χ3v) is 7.76. The molecule has 3 heterocycles. The van der Waals surface area contributed by atoms with Crippen molar-refractivity contribution in [2.75, 3.05) is 43.0 Å². The summed E-state index contributed by atoms with van der Waals surface area (Å²) in [5.74, 6) is 0.242. The quantitative estimate of drug-likeness (QED) is 0.553. The van der Waals surface area contributed by atoms with E-state index < -0.39 is 27.9 Å². The zero-order chi connectivity index (χ0) is 29.2. The van der Waals surface area contributed by atoms with Gasteiger partial charge in [0.15, 0.2) is 0 Å². The molecule has 16 heteroatoms. The number of carbonyl (C=O) groups is 2. The van der Waals surface area contributed by atoms with E-state index in [-0.39, 0.29) is 47.1 Å². The molecule has 2 amide bonds. The highest BCUT2D eigenvalue weighted by Crippen LogP contribution is 2.38. The summed E-state index contributed by atoms with van der Waals surface area (Å²) in [6.45, 7) is 5.46. The molecule has 0 spiro atoms. The van der Waals surface area contributed by atoms with Crippen LogP contribution in [0.15, 0.2) is 29.3 Å². The van der Waals surface area contributed by atoms with Crippen LogP contribution in [0.5, 0.6) is 5.75 Å².